The van der Waals surface area contributed by atoms with Crippen molar-refractivity contribution in [3.8, 4) is 11.1 Å². The zero-order chi connectivity index (χ0) is 26.2. The topological polar surface area (TPSA) is 186 Å². The number of nitro groups is 2. The standard InChI is InChI=1S/C14H8N2O8.C10H14N2/c17-13(18)11-5-7(15(21)22)1-3-9(11)10-4-2-8(16(23)24)6-12(10)14(19)20;1-2-7-12-10(5-1)9-4-3-6-11-8-9/h1-6H,(H,17,18)(H,19,20);3-4,6,8,10,12H,1-2,5,7H2. The van der Waals surface area contributed by atoms with Crippen LogP contribution in [-0.2, 0) is 0 Å². The summed E-state index contributed by atoms with van der Waals surface area (Å²) < 4.78 is 0. The summed E-state index contributed by atoms with van der Waals surface area (Å²) in [6.07, 6.45) is 7.70. The normalized spacial score (nSPS) is 14.7. The molecule has 1 unspecified atom stereocenters. The number of non-ortho nitro benzene ring substituents is 2. The first-order chi connectivity index (χ1) is 17.2. The van der Waals surface area contributed by atoms with E-state index in [4.69, 9.17) is 0 Å². The quantitative estimate of drug-likeness (QED) is 0.326. The molecule has 3 aromatic rings. The Morgan fingerprint density at radius 1 is 0.889 bits per heavy atom. The number of hydrogen-bond acceptors (Lipinski definition) is 8. The van der Waals surface area contributed by atoms with E-state index in [9.17, 15) is 40.0 Å². The number of rotatable bonds is 6. The first kappa shape index (κ1) is 25.9. The first-order valence-corrected chi connectivity index (χ1v) is 10.9. The van der Waals surface area contributed by atoms with Crippen LogP contribution in [0.4, 0.5) is 11.4 Å². The third kappa shape index (κ3) is 6.24. The molecule has 36 heavy (non-hydrogen) atoms. The maximum absolute atomic E-state index is 11.3. The monoisotopic (exact) mass is 494 g/mol. The highest BCUT2D eigenvalue weighted by Crippen LogP contribution is 2.32. The minimum Gasteiger partial charge on any atom is -0.478 e. The minimum atomic E-state index is -1.50. The molecule has 2 heterocycles. The fourth-order valence-corrected chi connectivity index (χ4v) is 3.83. The van der Waals surface area contributed by atoms with Crippen LogP contribution >= 0.6 is 0 Å². The molecular formula is C24H22N4O8. The van der Waals surface area contributed by atoms with E-state index in [-0.39, 0.29) is 11.1 Å². The SMILES string of the molecule is O=C(O)c1cc([N+](=O)[O-])ccc1-c1ccc([N+](=O)[O-])cc1C(=O)O.c1cncc(C2CCCCN2)c1. The summed E-state index contributed by atoms with van der Waals surface area (Å²) in [5, 5.41) is 43.5. The predicted molar refractivity (Wildman–Crippen MR) is 128 cm³/mol. The van der Waals surface area contributed by atoms with E-state index < -0.39 is 44.3 Å². The second-order valence-corrected chi connectivity index (χ2v) is 7.87. The fraction of sp³-hybridized carbons (Fsp3) is 0.208. The van der Waals surface area contributed by atoms with Gasteiger partial charge in [0, 0.05) is 42.7 Å². The number of aromatic nitrogens is 1. The Labute approximate surface area is 204 Å². The van der Waals surface area contributed by atoms with Crippen LogP contribution in [0.15, 0.2) is 60.9 Å². The van der Waals surface area contributed by atoms with Gasteiger partial charge in [-0.15, -0.1) is 0 Å². The van der Waals surface area contributed by atoms with Crippen molar-refractivity contribution in [2.45, 2.75) is 25.3 Å². The van der Waals surface area contributed by atoms with Gasteiger partial charge in [-0.3, -0.25) is 25.2 Å². The number of hydrogen-bond donors (Lipinski definition) is 3. The van der Waals surface area contributed by atoms with Crippen molar-refractivity contribution in [1.29, 1.82) is 0 Å². The second kappa shape index (κ2) is 11.6. The molecule has 0 amide bonds. The average molecular weight is 494 g/mol. The molecule has 1 aliphatic heterocycles. The van der Waals surface area contributed by atoms with Gasteiger partial charge >= 0.3 is 11.9 Å². The van der Waals surface area contributed by atoms with Gasteiger partial charge in [-0.2, -0.15) is 0 Å². The molecule has 186 valence electrons. The van der Waals surface area contributed by atoms with Crippen LogP contribution < -0.4 is 5.32 Å². The van der Waals surface area contributed by atoms with Crippen molar-refractivity contribution < 1.29 is 29.6 Å². The summed E-state index contributed by atoms with van der Waals surface area (Å²) in [5.74, 6) is -2.99. The molecule has 12 heteroatoms. The molecule has 1 atom stereocenters. The Kier molecular flexibility index (Phi) is 8.36. The fourth-order valence-electron chi connectivity index (χ4n) is 3.83. The van der Waals surface area contributed by atoms with Crippen molar-refractivity contribution in [3.05, 3.63) is 97.8 Å². The van der Waals surface area contributed by atoms with E-state index in [0.717, 1.165) is 42.9 Å². The number of carboxylic acids is 2. The van der Waals surface area contributed by atoms with Crippen molar-refractivity contribution in [2.75, 3.05) is 6.54 Å². The van der Waals surface area contributed by atoms with E-state index in [1.54, 1.807) is 0 Å². The molecule has 2 aromatic carbocycles. The largest absolute Gasteiger partial charge is 0.478 e. The lowest BCUT2D eigenvalue weighted by atomic mass is 9.94. The zero-order valence-corrected chi connectivity index (χ0v) is 18.9. The Morgan fingerprint density at radius 3 is 1.83 bits per heavy atom. The molecule has 1 aromatic heterocycles. The highest BCUT2D eigenvalue weighted by atomic mass is 16.6. The van der Waals surface area contributed by atoms with E-state index in [1.165, 1.54) is 24.8 Å². The second-order valence-electron chi connectivity index (χ2n) is 7.87. The van der Waals surface area contributed by atoms with Gasteiger partial charge in [0.15, 0.2) is 0 Å². The summed E-state index contributed by atoms with van der Waals surface area (Å²) in [5.41, 5.74) is -0.788. The summed E-state index contributed by atoms with van der Waals surface area (Å²) in [6.45, 7) is 1.15. The van der Waals surface area contributed by atoms with Gasteiger partial charge in [-0.25, -0.2) is 9.59 Å². The van der Waals surface area contributed by atoms with Crippen LogP contribution in [0, 0.1) is 20.2 Å². The molecule has 0 bridgehead atoms. The maximum Gasteiger partial charge on any atom is 0.336 e. The third-order valence-corrected chi connectivity index (χ3v) is 5.58. The molecule has 0 radical (unpaired) electrons. The minimum absolute atomic E-state index is 0.0969. The van der Waals surface area contributed by atoms with Crippen LogP contribution in [0.5, 0.6) is 0 Å². The summed E-state index contributed by atoms with van der Waals surface area (Å²) in [7, 11) is 0. The number of aromatic carboxylic acids is 2. The number of benzene rings is 2. The smallest absolute Gasteiger partial charge is 0.336 e. The first-order valence-electron chi connectivity index (χ1n) is 10.9. The van der Waals surface area contributed by atoms with Crippen molar-refractivity contribution in [2.24, 2.45) is 0 Å². The van der Waals surface area contributed by atoms with Crippen LogP contribution in [0.25, 0.3) is 11.1 Å². The number of carbonyl (C=O) groups is 2. The summed E-state index contributed by atoms with van der Waals surface area (Å²) in [6, 6.07) is 10.5. The van der Waals surface area contributed by atoms with Gasteiger partial charge < -0.3 is 15.5 Å². The number of nitro benzene ring substituents is 2. The highest BCUT2D eigenvalue weighted by molar-refractivity contribution is 6.03. The highest BCUT2D eigenvalue weighted by Gasteiger charge is 2.23. The lowest BCUT2D eigenvalue weighted by Gasteiger charge is -2.23. The molecule has 1 saturated heterocycles. The Bertz CT molecular complexity index is 1220. The van der Waals surface area contributed by atoms with Crippen molar-refractivity contribution >= 4 is 23.3 Å². The van der Waals surface area contributed by atoms with Gasteiger partial charge in [-0.1, -0.05) is 12.5 Å². The number of piperidine rings is 1. The van der Waals surface area contributed by atoms with Crippen molar-refractivity contribution in [3.63, 3.8) is 0 Å². The Morgan fingerprint density at radius 2 is 1.44 bits per heavy atom. The predicted octanol–water partition coefficient (Wildman–Crippen LogP) is 4.46. The van der Waals surface area contributed by atoms with Crippen LogP contribution in [0.3, 0.4) is 0 Å². The third-order valence-electron chi connectivity index (χ3n) is 5.58. The molecule has 1 aliphatic rings. The van der Waals surface area contributed by atoms with E-state index in [2.05, 4.69) is 16.4 Å². The summed E-state index contributed by atoms with van der Waals surface area (Å²) in [4.78, 5) is 46.8. The lowest BCUT2D eigenvalue weighted by Crippen LogP contribution is -2.26. The molecular weight excluding hydrogens is 472 g/mol. The molecule has 0 spiro atoms. The number of nitrogens with zero attached hydrogens (tertiary/aromatic N) is 3. The van der Waals surface area contributed by atoms with Crippen LogP contribution in [0.2, 0.25) is 0 Å². The summed E-state index contributed by atoms with van der Waals surface area (Å²) >= 11 is 0. The average Bonchev–Trinajstić information content (AvgIpc) is 2.89. The van der Waals surface area contributed by atoms with Crippen LogP contribution in [0.1, 0.15) is 51.6 Å². The number of nitrogens with one attached hydrogen (secondary N) is 1. The maximum atomic E-state index is 11.3. The van der Waals surface area contributed by atoms with Crippen LogP contribution in [-0.4, -0.2) is 43.5 Å². The van der Waals surface area contributed by atoms with E-state index in [1.807, 2.05) is 18.5 Å². The molecule has 12 nitrogen and oxygen atoms in total. The molecule has 3 N–H and O–H groups in total. The molecule has 4 rings (SSSR count). The lowest BCUT2D eigenvalue weighted by molar-refractivity contribution is -0.385. The van der Waals surface area contributed by atoms with Gasteiger partial charge in [0.05, 0.1) is 21.0 Å². The van der Waals surface area contributed by atoms with Gasteiger partial charge in [-0.05, 0) is 54.3 Å². The Balaban J connectivity index is 0.000000249. The number of carboxylic acid groups (broad SMARTS) is 2. The van der Waals surface area contributed by atoms with Gasteiger partial charge in [0.2, 0.25) is 0 Å². The molecule has 0 aliphatic carbocycles. The zero-order valence-electron chi connectivity index (χ0n) is 18.9. The Hall–Kier alpha value is -4.71. The van der Waals surface area contributed by atoms with E-state index >= 15 is 0 Å². The van der Waals surface area contributed by atoms with Gasteiger partial charge in [0.25, 0.3) is 11.4 Å². The van der Waals surface area contributed by atoms with Crippen molar-refractivity contribution in [1.82, 2.24) is 10.3 Å². The van der Waals surface area contributed by atoms with Gasteiger partial charge in [0.1, 0.15) is 0 Å². The number of pyridine rings is 1. The molecule has 0 saturated carbocycles. The van der Waals surface area contributed by atoms with E-state index in [0.29, 0.717) is 6.04 Å². The molecule has 1 fully saturated rings.